The Balaban J connectivity index is 1.54. The van der Waals surface area contributed by atoms with Gasteiger partial charge in [0.2, 0.25) is 0 Å². The van der Waals surface area contributed by atoms with Crippen molar-refractivity contribution in [1.29, 1.82) is 5.26 Å². The molecule has 0 bridgehead atoms. The number of aromatic nitrogens is 2. The van der Waals surface area contributed by atoms with Crippen molar-refractivity contribution in [3.8, 4) is 17.3 Å². The zero-order valence-corrected chi connectivity index (χ0v) is 22.8. The van der Waals surface area contributed by atoms with Crippen LogP contribution in [0, 0.1) is 24.2 Å². The molecule has 2 aliphatic carbocycles. The Morgan fingerprint density at radius 1 is 1.26 bits per heavy atom. The molecular weight excluding hydrogens is 516 g/mol. The highest BCUT2D eigenvalue weighted by Gasteiger charge is 2.42. The van der Waals surface area contributed by atoms with Gasteiger partial charge >= 0.3 is 11.8 Å². The molecule has 2 aliphatic rings. The van der Waals surface area contributed by atoms with Gasteiger partial charge in [-0.3, -0.25) is 14.6 Å². The highest BCUT2D eigenvalue weighted by molar-refractivity contribution is 7.91. The van der Waals surface area contributed by atoms with E-state index >= 15 is 0 Å². The first kappa shape index (κ1) is 28.0. The zero-order chi connectivity index (χ0) is 28.2. The molecule has 1 fully saturated rings. The molecule has 0 aromatic carbocycles. The Morgan fingerprint density at radius 3 is 2.74 bits per heavy atom. The molecule has 1 saturated carbocycles. The molecule has 2 amide bonds. The number of pyridine rings is 2. The van der Waals surface area contributed by atoms with Gasteiger partial charge in [-0.25, -0.2) is 13.4 Å². The molecule has 4 rings (SSSR count). The van der Waals surface area contributed by atoms with E-state index in [0.29, 0.717) is 36.5 Å². The maximum atomic E-state index is 12.9. The SMILES string of the molecule is CCS(=O)(=O)CC1CCC(C#N)(NC(=O)C(=O)NC2=CCC/C=c3/c(N)nc(-c4cnccc4C)cc3=C2)C1. The molecular formula is C28H32N6O4S. The maximum absolute atomic E-state index is 12.9. The van der Waals surface area contributed by atoms with Crippen molar-refractivity contribution in [2.45, 2.75) is 51.5 Å². The van der Waals surface area contributed by atoms with Crippen LogP contribution in [0.5, 0.6) is 0 Å². The predicted molar refractivity (Wildman–Crippen MR) is 148 cm³/mol. The summed E-state index contributed by atoms with van der Waals surface area (Å²) in [5, 5.41) is 16.5. The maximum Gasteiger partial charge on any atom is 0.313 e. The summed E-state index contributed by atoms with van der Waals surface area (Å²) in [5.74, 6) is -1.76. The van der Waals surface area contributed by atoms with Crippen LogP contribution in [0.3, 0.4) is 0 Å². The molecule has 2 heterocycles. The molecule has 204 valence electrons. The van der Waals surface area contributed by atoms with E-state index in [4.69, 9.17) is 5.73 Å². The van der Waals surface area contributed by atoms with Gasteiger partial charge < -0.3 is 16.4 Å². The van der Waals surface area contributed by atoms with Crippen LogP contribution >= 0.6 is 0 Å². The third-order valence-corrected chi connectivity index (χ3v) is 9.06. The summed E-state index contributed by atoms with van der Waals surface area (Å²) in [6.45, 7) is 3.53. The van der Waals surface area contributed by atoms with Crippen molar-refractivity contribution in [2.75, 3.05) is 17.2 Å². The van der Waals surface area contributed by atoms with E-state index in [1.54, 1.807) is 25.4 Å². The van der Waals surface area contributed by atoms with E-state index in [-0.39, 0.29) is 30.3 Å². The molecule has 0 aliphatic heterocycles. The van der Waals surface area contributed by atoms with Crippen LogP contribution < -0.4 is 26.8 Å². The van der Waals surface area contributed by atoms with Crippen LogP contribution in [-0.4, -0.2) is 47.2 Å². The lowest BCUT2D eigenvalue weighted by molar-refractivity contribution is -0.139. The number of nitriles is 1. The quantitative estimate of drug-likeness (QED) is 0.449. The van der Waals surface area contributed by atoms with Gasteiger partial charge in [-0.15, -0.1) is 0 Å². The van der Waals surface area contributed by atoms with Crippen LogP contribution in [0.2, 0.25) is 0 Å². The van der Waals surface area contributed by atoms with E-state index in [0.717, 1.165) is 21.6 Å². The molecule has 2 aromatic rings. The number of sulfone groups is 1. The van der Waals surface area contributed by atoms with E-state index in [2.05, 4.69) is 26.7 Å². The number of nitrogens with one attached hydrogen (secondary N) is 2. The third-order valence-electron chi connectivity index (χ3n) is 7.20. The summed E-state index contributed by atoms with van der Waals surface area (Å²) in [4.78, 5) is 34.5. The Labute approximate surface area is 227 Å². The van der Waals surface area contributed by atoms with E-state index in [1.807, 2.05) is 31.2 Å². The Kier molecular flexibility index (Phi) is 8.16. The smallest absolute Gasteiger partial charge is 0.313 e. The average Bonchev–Trinajstić information content (AvgIpc) is 3.27. The molecule has 0 spiro atoms. The van der Waals surface area contributed by atoms with Crippen LogP contribution in [0.1, 0.15) is 44.6 Å². The van der Waals surface area contributed by atoms with Crippen molar-refractivity contribution in [2.24, 2.45) is 5.92 Å². The predicted octanol–water partition coefficient (Wildman–Crippen LogP) is 1.00. The second kappa shape index (κ2) is 11.4. The molecule has 10 nitrogen and oxygen atoms in total. The Morgan fingerprint density at radius 2 is 2.03 bits per heavy atom. The second-order valence-electron chi connectivity index (χ2n) is 10.1. The van der Waals surface area contributed by atoms with E-state index < -0.39 is 27.2 Å². The van der Waals surface area contributed by atoms with Crippen LogP contribution in [0.4, 0.5) is 5.82 Å². The molecule has 11 heteroatoms. The number of hydrogen-bond acceptors (Lipinski definition) is 8. The highest BCUT2D eigenvalue weighted by atomic mass is 32.2. The molecule has 2 atom stereocenters. The Hall–Kier alpha value is -4.04. The van der Waals surface area contributed by atoms with Gasteiger partial charge in [0.25, 0.3) is 0 Å². The number of anilines is 1. The lowest BCUT2D eigenvalue weighted by atomic mass is 9.98. The number of carbonyl (C=O) groups excluding carboxylic acids is 2. The summed E-state index contributed by atoms with van der Waals surface area (Å²) >= 11 is 0. The molecule has 2 aromatic heterocycles. The second-order valence-corrected chi connectivity index (χ2v) is 12.5. The molecule has 0 radical (unpaired) electrons. The minimum atomic E-state index is -3.22. The largest absolute Gasteiger partial charge is 0.383 e. The van der Waals surface area contributed by atoms with Crippen LogP contribution in [0.15, 0.2) is 36.3 Å². The topological polar surface area (TPSA) is 168 Å². The number of rotatable bonds is 6. The van der Waals surface area contributed by atoms with Crippen molar-refractivity contribution >= 4 is 39.6 Å². The molecule has 2 unspecified atom stereocenters. The monoisotopic (exact) mass is 548 g/mol. The average molecular weight is 549 g/mol. The molecule has 39 heavy (non-hydrogen) atoms. The normalized spacial score (nSPS) is 21.5. The minimum absolute atomic E-state index is 0.0232. The first-order valence-corrected chi connectivity index (χ1v) is 14.7. The molecule has 0 saturated heterocycles. The number of allylic oxidation sites excluding steroid dienone is 2. The number of hydrogen-bond donors (Lipinski definition) is 3. The van der Waals surface area contributed by atoms with Crippen molar-refractivity contribution in [3.63, 3.8) is 0 Å². The van der Waals surface area contributed by atoms with Gasteiger partial charge in [0.1, 0.15) is 21.2 Å². The minimum Gasteiger partial charge on any atom is -0.383 e. The molecule has 4 N–H and O–H groups in total. The van der Waals surface area contributed by atoms with Crippen LogP contribution in [0.25, 0.3) is 23.4 Å². The summed E-state index contributed by atoms with van der Waals surface area (Å²) in [7, 11) is -3.22. The van der Waals surface area contributed by atoms with Gasteiger partial charge in [-0.1, -0.05) is 19.1 Å². The van der Waals surface area contributed by atoms with Gasteiger partial charge in [0, 0.05) is 34.6 Å². The van der Waals surface area contributed by atoms with Crippen molar-refractivity contribution < 1.29 is 18.0 Å². The van der Waals surface area contributed by atoms with Gasteiger partial charge in [-0.2, -0.15) is 5.26 Å². The summed E-state index contributed by atoms with van der Waals surface area (Å²) in [5.41, 5.74) is 7.91. The summed E-state index contributed by atoms with van der Waals surface area (Å²) in [6.07, 6.45) is 11.2. The highest BCUT2D eigenvalue weighted by Crippen LogP contribution is 2.35. The first-order valence-electron chi connectivity index (χ1n) is 12.9. The first-order chi connectivity index (χ1) is 18.5. The lowest BCUT2D eigenvalue weighted by Gasteiger charge is -2.22. The number of amides is 2. The number of fused-ring (bicyclic) bond motifs is 1. The fraction of sp³-hybridized carbons (Fsp3) is 0.393. The number of aryl methyl sites for hydroxylation is 1. The Bertz CT molecular complexity index is 1610. The fourth-order valence-corrected chi connectivity index (χ4v) is 6.30. The number of nitrogens with zero attached hydrogens (tertiary/aromatic N) is 3. The third kappa shape index (κ3) is 6.52. The number of carbonyl (C=O) groups is 2. The number of nitrogens with two attached hydrogens (primary N) is 1. The summed E-state index contributed by atoms with van der Waals surface area (Å²) < 4.78 is 24.0. The number of nitrogen functional groups attached to an aromatic ring is 1. The fourth-order valence-electron chi connectivity index (χ4n) is 5.06. The van der Waals surface area contributed by atoms with Gasteiger partial charge in [0.15, 0.2) is 0 Å². The van der Waals surface area contributed by atoms with Gasteiger partial charge in [0.05, 0.1) is 17.5 Å². The van der Waals surface area contributed by atoms with Gasteiger partial charge in [-0.05, 0) is 73.9 Å². The van der Waals surface area contributed by atoms with Crippen molar-refractivity contribution in [1.82, 2.24) is 20.6 Å². The van der Waals surface area contributed by atoms with E-state index in [9.17, 15) is 23.3 Å². The summed E-state index contributed by atoms with van der Waals surface area (Å²) in [6, 6.07) is 5.85. The van der Waals surface area contributed by atoms with E-state index in [1.165, 1.54) is 0 Å². The lowest BCUT2D eigenvalue weighted by Crippen LogP contribution is -2.51. The van der Waals surface area contributed by atoms with Crippen molar-refractivity contribution in [3.05, 3.63) is 52.3 Å². The zero-order valence-electron chi connectivity index (χ0n) is 22.0. The standard InChI is InChI=1S/C28H32N6O4S/c1-3-39(37,38)16-19-8-10-28(14-19,17-29)34-27(36)26(35)32-21-6-4-5-7-22-20(12-21)13-24(33-25(22)30)23-15-31-11-9-18(23)2/h6-7,9,11-13,15,19H,3-5,8,10,14,16H2,1-2H3,(H2,30,33)(H,32,35)(H,34,36)/b20-12?,21-6?,22-7+. The van der Waals surface area contributed by atoms with Crippen LogP contribution in [-0.2, 0) is 19.4 Å².